The molecular formula is C17H16BrN5O3. The van der Waals surface area contributed by atoms with Crippen LogP contribution in [-0.2, 0) is 11.3 Å². The van der Waals surface area contributed by atoms with Gasteiger partial charge >= 0.3 is 0 Å². The van der Waals surface area contributed by atoms with E-state index in [-0.39, 0.29) is 19.1 Å². The monoisotopic (exact) mass is 417 g/mol. The van der Waals surface area contributed by atoms with Gasteiger partial charge in [0.15, 0.2) is 23.9 Å². The fourth-order valence-corrected chi connectivity index (χ4v) is 2.62. The van der Waals surface area contributed by atoms with Crippen molar-refractivity contribution in [3.05, 3.63) is 58.8 Å². The van der Waals surface area contributed by atoms with Crippen molar-refractivity contribution in [1.29, 1.82) is 0 Å². The lowest BCUT2D eigenvalue weighted by atomic mass is 10.3. The molecule has 0 unspecified atom stereocenters. The van der Waals surface area contributed by atoms with Gasteiger partial charge in [-0.2, -0.15) is 4.68 Å². The zero-order valence-electron chi connectivity index (χ0n) is 13.9. The van der Waals surface area contributed by atoms with Gasteiger partial charge in [-0.25, -0.2) is 0 Å². The molecule has 3 rings (SSSR count). The van der Waals surface area contributed by atoms with Gasteiger partial charge in [-0.1, -0.05) is 34.1 Å². The summed E-state index contributed by atoms with van der Waals surface area (Å²) in [5.74, 6) is 1.29. The molecule has 134 valence electrons. The highest BCUT2D eigenvalue weighted by Crippen LogP contribution is 2.25. The number of ether oxygens (including phenoxy) is 2. The van der Waals surface area contributed by atoms with Gasteiger partial charge in [0.25, 0.3) is 5.91 Å². The zero-order chi connectivity index (χ0) is 18.4. The van der Waals surface area contributed by atoms with Crippen LogP contribution in [0.1, 0.15) is 5.82 Å². The van der Waals surface area contributed by atoms with Crippen LogP contribution < -0.4 is 14.8 Å². The standard InChI is InChI=1S/C17H16BrN5O3/c1-25-14-7-2-3-8-15(14)26-11-17(24)19-10-16-20-21-22-23(16)13-6-4-5-12(18)9-13/h2-9H,10-11H2,1H3,(H,19,24). The molecule has 0 atom stereocenters. The highest BCUT2D eigenvalue weighted by Gasteiger charge is 2.11. The van der Waals surface area contributed by atoms with Gasteiger partial charge in [0.05, 0.1) is 19.3 Å². The molecule has 1 N–H and O–H groups in total. The first-order valence-corrected chi connectivity index (χ1v) is 8.52. The van der Waals surface area contributed by atoms with E-state index in [9.17, 15) is 4.79 Å². The van der Waals surface area contributed by atoms with E-state index in [1.807, 2.05) is 36.4 Å². The lowest BCUT2D eigenvalue weighted by Crippen LogP contribution is -2.29. The largest absolute Gasteiger partial charge is 0.493 e. The van der Waals surface area contributed by atoms with Gasteiger partial charge in [-0.3, -0.25) is 4.79 Å². The summed E-state index contributed by atoms with van der Waals surface area (Å²) >= 11 is 3.41. The van der Waals surface area contributed by atoms with Gasteiger partial charge in [-0.05, 0) is 40.8 Å². The Balaban J connectivity index is 1.58. The summed E-state index contributed by atoms with van der Waals surface area (Å²) in [5.41, 5.74) is 0.791. The minimum atomic E-state index is -0.292. The van der Waals surface area contributed by atoms with Crippen molar-refractivity contribution in [2.24, 2.45) is 0 Å². The summed E-state index contributed by atoms with van der Waals surface area (Å²) in [4.78, 5) is 12.1. The van der Waals surface area contributed by atoms with Gasteiger partial charge in [-0.15, -0.1) is 5.10 Å². The number of carbonyl (C=O) groups is 1. The highest BCUT2D eigenvalue weighted by atomic mass is 79.9. The summed E-state index contributed by atoms with van der Waals surface area (Å²) < 4.78 is 13.1. The van der Waals surface area contributed by atoms with Crippen LogP contribution >= 0.6 is 15.9 Å². The number of halogens is 1. The average Bonchev–Trinajstić information content (AvgIpc) is 3.13. The number of benzene rings is 2. The van der Waals surface area contributed by atoms with E-state index < -0.39 is 0 Å². The quantitative estimate of drug-likeness (QED) is 0.632. The number of amides is 1. The van der Waals surface area contributed by atoms with Gasteiger partial charge < -0.3 is 14.8 Å². The molecule has 26 heavy (non-hydrogen) atoms. The minimum absolute atomic E-state index is 0.140. The molecule has 0 saturated carbocycles. The SMILES string of the molecule is COc1ccccc1OCC(=O)NCc1nnnn1-c1cccc(Br)c1. The molecule has 3 aromatic rings. The van der Waals surface area contributed by atoms with Crippen LogP contribution in [0.4, 0.5) is 0 Å². The van der Waals surface area contributed by atoms with Crippen molar-refractivity contribution in [2.75, 3.05) is 13.7 Å². The van der Waals surface area contributed by atoms with Crippen LogP contribution in [0.5, 0.6) is 11.5 Å². The van der Waals surface area contributed by atoms with E-state index in [0.717, 1.165) is 10.2 Å². The second kappa shape index (κ2) is 8.43. The molecule has 2 aromatic carbocycles. The lowest BCUT2D eigenvalue weighted by molar-refractivity contribution is -0.123. The van der Waals surface area contributed by atoms with Gasteiger partial charge in [0.1, 0.15) is 0 Å². The zero-order valence-corrected chi connectivity index (χ0v) is 15.5. The maximum Gasteiger partial charge on any atom is 0.258 e. The number of hydrogen-bond acceptors (Lipinski definition) is 6. The number of carbonyl (C=O) groups excluding carboxylic acids is 1. The molecule has 0 radical (unpaired) electrons. The van der Waals surface area contributed by atoms with E-state index in [2.05, 4.69) is 36.8 Å². The summed E-state index contributed by atoms with van der Waals surface area (Å²) in [6.07, 6.45) is 0. The van der Waals surface area contributed by atoms with E-state index >= 15 is 0 Å². The summed E-state index contributed by atoms with van der Waals surface area (Å²) in [5, 5.41) is 14.3. The Kier molecular flexibility index (Phi) is 5.80. The molecule has 9 heteroatoms. The fourth-order valence-electron chi connectivity index (χ4n) is 2.23. The molecule has 0 spiro atoms. The molecule has 0 saturated heterocycles. The number of tetrazole rings is 1. The molecule has 1 aromatic heterocycles. The number of nitrogens with one attached hydrogen (secondary N) is 1. The first kappa shape index (κ1) is 17.9. The maximum absolute atomic E-state index is 12.1. The van der Waals surface area contributed by atoms with Crippen molar-refractivity contribution in [2.45, 2.75) is 6.54 Å². The number of hydrogen-bond donors (Lipinski definition) is 1. The smallest absolute Gasteiger partial charge is 0.258 e. The Morgan fingerprint density at radius 2 is 2.00 bits per heavy atom. The average molecular weight is 418 g/mol. The molecule has 0 aliphatic rings. The van der Waals surface area contributed by atoms with E-state index in [1.54, 1.807) is 23.9 Å². The molecule has 0 bridgehead atoms. The van der Waals surface area contributed by atoms with E-state index in [1.165, 1.54) is 0 Å². The Bertz CT molecular complexity index is 899. The second-order valence-electron chi connectivity index (χ2n) is 5.20. The predicted octanol–water partition coefficient (Wildman–Crippen LogP) is 2.13. The van der Waals surface area contributed by atoms with Crippen molar-refractivity contribution < 1.29 is 14.3 Å². The molecule has 1 heterocycles. The molecule has 0 aliphatic carbocycles. The second-order valence-corrected chi connectivity index (χ2v) is 6.12. The first-order chi connectivity index (χ1) is 12.7. The summed E-state index contributed by atoms with van der Waals surface area (Å²) in [6, 6.07) is 14.7. The van der Waals surface area contributed by atoms with Crippen LogP contribution in [0.2, 0.25) is 0 Å². The van der Waals surface area contributed by atoms with Gasteiger partial charge in [0.2, 0.25) is 0 Å². The highest BCUT2D eigenvalue weighted by molar-refractivity contribution is 9.10. The van der Waals surface area contributed by atoms with Crippen LogP contribution in [0.15, 0.2) is 53.0 Å². The van der Waals surface area contributed by atoms with E-state index in [4.69, 9.17) is 9.47 Å². The Hall–Kier alpha value is -2.94. The fraction of sp³-hybridized carbons (Fsp3) is 0.176. The molecular weight excluding hydrogens is 402 g/mol. The third-order valence-electron chi connectivity index (χ3n) is 3.46. The summed E-state index contributed by atoms with van der Waals surface area (Å²) in [7, 11) is 1.55. The van der Waals surface area contributed by atoms with E-state index in [0.29, 0.717) is 17.3 Å². The number of para-hydroxylation sites is 2. The number of aromatic nitrogens is 4. The lowest BCUT2D eigenvalue weighted by Gasteiger charge is -2.10. The van der Waals surface area contributed by atoms with Crippen molar-refractivity contribution in [1.82, 2.24) is 25.5 Å². The van der Waals surface area contributed by atoms with Crippen molar-refractivity contribution >= 4 is 21.8 Å². The van der Waals surface area contributed by atoms with Crippen molar-refractivity contribution in [3.8, 4) is 17.2 Å². The summed E-state index contributed by atoms with van der Waals surface area (Å²) in [6.45, 7) is 0.0342. The topological polar surface area (TPSA) is 91.2 Å². The van der Waals surface area contributed by atoms with Crippen molar-refractivity contribution in [3.63, 3.8) is 0 Å². The first-order valence-electron chi connectivity index (χ1n) is 7.73. The number of methoxy groups -OCH3 is 1. The maximum atomic E-state index is 12.1. The number of nitrogens with zero attached hydrogens (tertiary/aromatic N) is 4. The third kappa shape index (κ3) is 4.37. The van der Waals surface area contributed by atoms with Crippen LogP contribution in [0.3, 0.4) is 0 Å². The minimum Gasteiger partial charge on any atom is -0.493 e. The Morgan fingerprint density at radius 1 is 1.19 bits per heavy atom. The number of rotatable bonds is 7. The van der Waals surface area contributed by atoms with Crippen LogP contribution in [-0.4, -0.2) is 39.8 Å². The molecule has 1 amide bonds. The molecule has 8 nitrogen and oxygen atoms in total. The Labute approximate surface area is 158 Å². The Morgan fingerprint density at radius 3 is 2.77 bits per heavy atom. The molecule has 0 aliphatic heterocycles. The van der Waals surface area contributed by atoms with Crippen LogP contribution in [0, 0.1) is 0 Å². The van der Waals surface area contributed by atoms with Crippen LogP contribution in [0.25, 0.3) is 5.69 Å². The normalized spacial score (nSPS) is 10.4. The molecule has 0 fully saturated rings. The van der Waals surface area contributed by atoms with Gasteiger partial charge in [0, 0.05) is 4.47 Å². The third-order valence-corrected chi connectivity index (χ3v) is 3.95. The predicted molar refractivity (Wildman–Crippen MR) is 97.2 cm³/mol.